The van der Waals surface area contributed by atoms with Crippen molar-refractivity contribution >= 4 is 0 Å². The molecule has 1 heteroatoms. The van der Waals surface area contributed by atoms with Gasteiger partial charge in [0.1, 0.15) is 0 Å². The average molecular weight is 175 g/mol. The van der Waals surface area contributed by atoms with Gasteiger partial charge in [-0.05, 0) is 24.5 Å². The Balaban J connectivity index is 1.90. The minimum Gasteiger partial charge on any atom is -0.261 e. The fourth-order valence-corrected chi connectivity index (χ4v) is 2.21. The van der Waals surface area contributed by atoms with Crippen LogP contribution in [0.25, 0.3) is 0 Å². The molecule has 0 spiro atoms. The molecule has 1 aromatic heterocycles. The number of pyridine rings is 1. The van der Waals surface area contributed by atoms with Crippen molar-refractivity contribution in [3.05, 3.63) is 30.1 Å². The first-order valence-electron chi connectivity index (χ1n) is 5.35. The summed E-state index contributed by atoms with van der Waals surface area (Å²) >= 11 is 0. The van der Waals surface area contributed by atoms with E-state index >= 15 is 0 Å². The van der Waals surface area contributed by atoms with Crippen LogP contribution in [0.2, 0.25) is 0 Å². The van der Waals surface area contributed by atoms with Crippen LogP contribution < -0.4 is 0 Å². The van der Waals surface area contributed by atoms with Gasteiger partial charge in [-0.25, -0.2) is 0 Å². The molecule has 13 heavy (non-hydrogen) atoms. The maximum Gasteiger partial charge on any atom is 0.0406 e. The van der Waals surface area contributed by atoms with Crippen LogP contribution in [-0.2, 0) is 6.42 Å². The van der Waals surface area contributed by atoms with E-state index < -0.39 is 0 Å². The highest BCUT2D eigenvalue weighted by molar-refractivity contribution is 5.04. The van der Waals surface area contributed by atoms with Crippen LogP contribution in [0.5, 0.6) is 0 Å². The summed E-state index contributed by atoms with van der Waals surface area (Å²) in [5.41, 5.74) is 1.27. The van der Waals surface area contributed by atoms with Gasteiger partial charge in [0, 0.05) is 11.9 Å². The number of hydrogen-bond donors (Lipinski definition) is 0. The molecule has 0 saturated heterocycles. The molecule has 0 radical (unpaired) electrons. The predicted molar refractivity (Wildman–Crippen MR) is 54.5 cm³/mol. The van der Waals surface area contributed by atoms with E-state index in [1.54, 1.807) is 0 Å². The summed E-state index contributed by atoms with van der Waals surface area (Å²) in [5.74, 6) is 0.906. The Morgan fingerprint density at radius 1 is 1.15 bits per heavy atom. The smallest absolute Gasteiger partial charge is 0.0406 e. The van der Waals surface area contributed by atoms with Gasteiger partial charge >= 0.3 is 0 Å². The Morgan fingerprint density at radius 3 is 2.69 bits per heavy atom. The molecule has 1 saturated carbocycles. The fraction of sp³-hybridized carbons (Fsp3) is 0.583. The molecular formula is C12H17N. The Kier molecular flexibility index (Phi) is 2.96. The van der Waals surface area contributed by atoms with Gasteiger partial charge in [-0.1, -0.05) is 38.2 Å². The first-order valence-corrected chi connectivity index (χ1v) is 5.35. The Bertz CT molecular complexity index is 237. The number of hydrogen-bond acceptors (Lipinski definition) is 1. The summed E-state index contributed by atoms with van der Waals surface area (Å²) in [6, 6.07) is 6.23. The summed E-state index contributed by atoms with van der Waals surface area (Å²) in [5, 5.41) is 0. The lowest BCUT2D eigenvalue weighted by Gasteiger charge is -2.20. The van der Waals surface area contributed by atoms with Crippen molar-refractivity contribution in [3.63, 3.8) is 0 Å². The van der Waals surface area contributed by atoms with Gasteiger partial charge in [-0.3, -0.25) is 4.98 Å². The quantitative estimate of drug-likeness (QED) is 0.672. The van der Waals surface area contributed by atoms with Crippen molar-refractivity contribution in [2.24, 2.45) is 5.92 Å². The van der Waals surface area contributed by atoms with E-state index in [-0.39, 0.29) is 0 Å². The van der Waals surface area contributed by atoms with Crippen LogP contribution in [0.15, 0.2) is 24.4 Å². The van der Waals surface area contributed by atoms with E-state index in [1.807, 2.05) is 12.3 Å². The monoisotopic (exact) mass is 175 g/mol. The van der Waals surface area contributed by atoms with Gasteiger partial charge in [-0.15, -0.1) is 0 Å². The molecule has 0 amide bonds. The second-order valence-corrected chi connectivity index (χ2v) is 4.03. The second kappa shape index (κ2) is 4.40. The van der Waals surface area contributed by atoms with Gasteiger partial charge in [-0.2, -0.15) is 0 Å². The highest BCUT2D eigenvalue weighted by atomic mass is 14.7. The van der Waals surface area contributed by atoms with Crippen LogP contribution in [-0.4, -0.2) is 4.98 Å². The lowest BCUT2D eigenvalue weighted by molar-refractivity contribution is 0.354. The Hall–Kier alpha value is -0.850. The average Bonchev–Trinajstić information content (AvgIpc) is 2.21. The van der Waals surface area contributed by atoms with Crippen LogP contribution in [0.3, 0.4) is 0 Å². The van der Waals surface area contributed by atoms with Crippen molar-refractivity contribution < 1.29 is 0 Å². The molecule has 1 heterocycles. The third kappa shape index (κ3) is 2.55. The molecule has 1 fully saturated rings. The van der Waals surface area contributed by atoms with E-state index in [0.717, 1.165) is 5.92 Å². The van der Waals surface area contributed by atoms with Crippen molar-refractivity contribution in [3.8, 4) is 0 Å². The van der Waals surface area contributed by atoms with E-state index in [9.17, 15) is 0 Å². The normalized spacial score (nSPS) is 18.8. The van der Waals surface area contributed by atoms with E-state index in [4.69, 9.17) is 0 Å². The van der Waals surface area contributed by atoms with Crippen molar-refractivity contribution in [2.75, 3.05) is 0 Å². The summed E-state index contributed by atoms with van der Waals surface area (Å²) in [4.78, 5) is 4.37. The van der Waals surface area contributed by atoms with Gasteiger partial charge in [0.25, 0.3) is 0 Å². The molecule has 2 rings (SSSR count). The molecule has 0 bridgehead atoms. The first-order chi connectivity index (χ1) is 6.45. The largest absolute Gasteiger partial charge is 0.261 e. The molecule has 0 unspecified atom stereocenters. The van der Waals surface area contributed by atoms with Crippen LogP contribution in [0.1, 0.15) is 37.8 Å². The van der Waals surface area contributed by atoms with E-state index in [0.29, 0.717) is 0 Å². The third-order valence-electron chi connectivity index (χ3n) is 2.95. The van der Waals surface area contributed by atoms with Crippen molar-refractivity contribution in [1.29, 1.82) is 0 Å². The lowest BCUT2D eigenvalue weighted by Crippen LogP contribution is -2.09. The Morgan fingerprint density at radius 2 is 2.00 bits per heavy atom. The summed E-state index contributed by atoms with van der Waals surface area (Å²) < 4.78 is 0. The molecule has 1 aliphatic carbocycles. The van der Waals surface area contributed by atoms with Gasteiger partial charge in [0.2, 0.25) is 0 Å². The standard InChI is InChI=1S/C12H17N/c1-2-6-11(7-3-1)10-12-8-4-5-9-13-12/h4-5,8-9,11H,1-3,6-7,10H2. The maximum atomic E-state index is 4.37. The van der Waals surface area contributed by atoms with Crippen molar-refractivity contribution in [2.45, 2.75) is 38.5 Å². The molecular weight excluding hydrogens is 158 g/mol. The molecule has 0 N–H and O–H groups in total. The fourth-order valence-electron chi connectivity index (χ4n) is 2.21. The zero-order chi connectivity index (χ0) is 8.93. The summed E-state index contributed by atoms with van der Waals surface area (Å²) in [6.07, 6.45) is 10.2. The zero-order valence-corrected chi connectivity index (χ0v) is 8.08. The maximum absolute atomic E-state index is 4.37. The molecule has 1 aliphatic rings. The highest BCUT2D eigenvalue weighted by Gasteiger charge is 2.13. The van der Waals surface area contributed by atoms with Crippen LogP contribution in [0.4, 0.5) is 0 Å². The van der Waals surface area contributed by atoms with Gasteiger partial charge in [0.05, 0.1) is 0 Å². The van der Waals surface area contributed by atoms with Crippen LogP contribution in [0, 0.1) is 5.92 Å². The summed E-state index contributed by atoms with van der Waals surface area (Å²) in [6.45, 7) is 0. The number of aromatic nitrogens is 1. The minimum absolute atomic E-state index is 0.906. The first kappa shape index (κ1) is 8.74. The second-order valence-electron chi connectivity index (χ2n) is 4.03. The summed E-state index contributed by atoms with van der Waals surface area (Å²) in [7, 11) is 0. The molecule has 0 atom stereocenters. The van der Waals surface area contributed by atoms with Crippen LogP contribution >= 0.6 is 0 Å². The molecule has 70 valence electrons. The number of rotatable bonds is 2. The lowest BCUT2D eigenvalue weighted by atomic mass is 9.86. The highest BCUT2D eigenvalue weighted by Crippen LogP contribution is 2.25. The zero-order valence-electron chi connectivity index (χ0n) is 8.08. The SMILES string of the molecule is c1ccc(CC2CCCCC2)nc1. The van der Waals surface area contributed by atoms with Crippen molar-refractivity contribution in [1.82, 2.24) is 4.98 Å². The van der Waals surface area contributed by atoms with Gasteiger partial charge in [0.15, 0.2) is 0 Å². The van der Waals surface area contributed by atoms with Gasteiger partial charge < -0.3 is 0 Å². The molecule has 0 aromatic carbocycles. The Labute approximate surface area is 80.2 Å². The van der Waals surface area contributed by atoms with E-state index in [2.05, 4.69) is 17.1 Å². The predicted octanol–water partition coefficient (Wildman–Crippen LogP) is 3.20. The molecule has 0 aliphatic heterocycles. The third-order valence-corrected chi connectivity index (χ3v) is 2.95. The number of nitrogens with zero attached hydrogens (tertiary/aromatic N) is 1. The molecule has 1 nitrogen and oxygen atoms in total. The minimum atomic E-state index is 0.906. The molecule has 1 aromatic rings. The topological polar surface area (TPSA) is 12.9 Å². The van der Waals surface area contributed by atoms with E-state index in [1.165, 1.54) is 44.2 Å².